The summed E-state index contributed by atoms with van der Waals surface area (Å²) in [6, 6.07) is 5.31. The molecule has 0 radical (unpaired) electrons. The minimum absolute atomic E-state index is 0.154. The molecule has 1 heterocycles. The van der Waals surface area contributed by atoms with Crippen LogP contribution in [-0.4, -0.2) is 9.55 Å². The highest BCUT2D eigenvalue weighted by molar-refractivity contribution is 6.20. The van der Waals surface area contributed by atoms with Gasteiger partial charge in [-0.05, 0) is 37.8 Å². The molecule has 4 heteroatoms. The highest BCUT2D eigenvalue weighted by atomic mass is 35.5. The molecule has 0 bridgehead atoms. The molecule has 0 aliphatic heterocycles. The van der Waals surface area contributed by atoms with E-state index in [0.717, 1.165) is 17.3 Å². The van der Waals surface area contributed by atoms with E-state index in [1.807, 2.05) is 13.0 Å². The highest BCUT2D eigenvalue weighted by Gasteiger charge is 2.40. The average Bonchev–Trinajstić information content (AvgIpc) is 3.00. The van der Waals surface area contributed by atoms with E-state index >= 15 is 0 Å². The van der Waals surface area contributed by atoms with E-state index in [2.05, 4.69) is 16.5 Å². The van der Waals surface area contributed by atoms with Gasteiger partial charge in [-0.3, -0.25) is 0 Å². The molecule has 1 fully saturated rings. The molecule has 3 rings (SSSR count). The van der Waals surface area contributed by atoms with Crippen LogP contribution < -0.4 is 0 Å². The number of alkyl halides is 1. The summed E-state index contributed by atoms with van der Waals surface area (Å²) in [6.45, 7) is 4.13. The van der Waals surface area contributed by atoms with Crippen molar-refractivity contribution >= 4 is 22.6 Å². The molecule has 3 unspecified atom stereocenters. The van der Waals surface area contributed by atoms with Crippen LogP contribution in [0.15, 0.2) is 18.2 Å². The van der Waals surface area contributed by atoms with Gasteiger partial charge in [0.1, 0.15) is 11.6 Å². The van der Waals surface area contributed by atoms with E-state index in [9.17, 15) is 4.39 Å². The van der Waals surface area contributed by atoms with Crippen molar-refractivity contribution in [3.05, 3.63) is 29.8 Å². The van der Waals surface area contributed by atoms with Crippen molar-refractivity contribution in [2.24, 2.45) is 5.92 Å². The van der Waals surface area contributed by atoms with E-state index in [-0.39, 0.29) is 11.2 Å². The van der Waals surface area contributed by atoms with Gasteiger partial charge in [0.25, 0.3) is 0 Å². The second-order valence-electron chi connectivity index (χ2n) is 5.44. The third-order valence-electron chi connectivity index (χ3n) is 3.91. The summed E-state index contributed by atoms with van der Waals surface area (Å²) in [5.41, 5.74) is 1.72. The fourth-order valence-electron chi connectivity index (χ4n) is 2.95. The molecular formula is C15H18ClFN2. The van der Waals surface area contributed by atoms with Crippen molar-refractivity contribution in [3.8, 4) is 0 Å². The van der Waals surface area contributed by atoms with Crippen LogP contribution in [0.3, 0.4) is 0 Å². The Hall–Kier alpha value is -1.09. The summed E-state index contributed by atoms with van der Waals surface area (Å²) < 4.78 is 15.5. The lowest BCUT2D eigenvalue weighted by Gasteiger charge is -2.10. The Kier molecular flexibility index (Phi) is 3.25. The molecule has 2 aromatic rings. The minimum Gasteiger partial charge on any atom is -0.323 e. The first-order valence-corrected chi connectivity index (χ1v) is 7.37. The monoisotopic (exact) mass is 280 g/mol. The number of hydrogen-bond acceptors (Lipinski definition) is 1. The first kappa shape index (κ1) is 12.9. The molecule has 1 aromatic carbocycles. The second kappa shape index (κ2) is 4.78. The highest BCUT2D eigenvalue weighted by Crippen LogP contribution is 2.49. The third-order valence-corrected chi connectivity index (χ3v) is 4.11. The van der Waals surface area contributed by atoms with E-state index in [1.54, 1.807) is 0 Å². The molecule has 0 saturated heterocycles. The first-order valence-electron chi connectivity index (χ1n) is 6.93. The summed E-state index contributed by atoms with van der Waals surface area (Å²) in [7, 11) is 0. The number of hydrogen-bond donors (Lipinski definition) is 0. The maximum atomic E-state index is 13.3. The van der Waals surface area contributed by atoms with Crippen molar-refractivity contribution in [2.45, 2.75) is 44.5 Å². The number of aromatic nitrogens is 2. The molecule has 102 valence electrons. The van der Waals surface area contributed by atoms with E-state index in [0.29, 0.717) is 11.6 Å². The first-order chi connectivity index (χ1) is 9.11. The van der Waals surface area contributed by atoms with Crippen molar-refractivity contribution in [2.75, 3.05) is 0 Å². The van der Waals surface area contributed by atoms with E-state index in [1.165, 1.54) is 31.4 Å². The van der Waals surface area contributed by atoms with E-state index < -0.39 is 0 Å². The summed E-state index contributed by atoms with van der Waals surface area (Å²) >= 11 is 6.24. The zero-order valence-corrected chi connectivity index (χ0v) is 12.0. The van der Waals surface area contributed by atoms with Crippen LogP contribution in [0.4, 0.5) is 4.39 Å². The zero-order chi connectivity index (χ0) is 13.6. The van der Waals surface area contributed by atoms with Crippen LogP contribution in [0.5, 0.6) is 0 Å². The summed E-state index contributed by atoms with van der Waals surface area (Å²) in [6.07, 6.45) is 3.63. The van der Waals surface area contributed by atoms with Gasteiger partial charge in [-0.25, -0.2) is 9.37 Å². The maximum absolute atomic E-state index is 13.3. The molecule has 0 amide bonds. The van der Waals surface area contributed by atoms with Gasteiger partial charge in [-0.15, -0.1) is 11.6 Å². The molecule has 3 atom stereocenters. The van der Waals surface area contributed by atoms with Gasteiger partial charge in [-0.2, -0.15) is 0 Å². The van der Waals surface area contributed by atoms with Gasteiger partial charge in [-0.1, -0.05) is 13.3 Å². The number of benzene rings is 1. The van der Waals surface area contributed by atoms with Crippen LogP contribution in [0.25, 0.3) is 11.0 Å². The lowest BCUT2D eigenvalue weighted by Crippen LogP contribution is -2.03. The van der Waals surface area contributed by atoms with Gasteiger partial charge in [0.05, 0.1) is 16.4 Å². The smallest absolute Gasteiger partial charge is 0.127 e. The lowest BCUT2D eigenvalue weighted by molar-refractivity contribution is 0.597. The molecule has 0 N–H and O–H groups in total. The largest absolute Gasteiger partial charge is 0.323 e. The standard InChI is InChI=1S/C15H18ClFN2/c1-3-4-10-7-14(10)19-13-6-5-11(17)8-12(13)18-15(19)9(2)16/h5-6,8-10,14H,3-4,7H2,1-2H3. The summed E-state index contributed by atoms with van der Waals surface area (Å²) in [5.74, 6) is 1.35. The van der Waals surface area contributed by atoms with Crippen LogP contribution in [0, 0.1) is 11.7 Å². The van der Waals surface area contributed by atoms with Crippen LogP contribution in [0.1, 0.15) is 50.4 Å². The van der Waals surface area contributed by atoms with Crippen LogP contribution >= 0.6 is 11.6 Å². The van der Waals surface area contributed by atoms with Crippen molar-refractivity contribution in [1.82, 2.24) is 9.55 Å². The number of nitrogens with zero attached hydrogens (tertiary/aromatic N) is 2. The van der Waals surface area contributed by atoms with Gasteiger partial charge < -0.3 is 4.57 Å². The number of imidazole rings is 1. The quantitative estimate of drug-likeness (QED) is 0.733. The fourth-order valence-corrected chi connectivity index (χ4v) is 3.10. The Labute approximate surface area is 117 Å². The fraction of sp³-hybridized carbons (Fsp3) is 0.533. The average molecular weight is 281 g/mol. The van der Waals surface area contributed by atoms with Crippen LogP contribution in [-0.2, 0) is 0 Å². The molecule has 0 spiro atoms. The minimum atomic E-state index is -0.244. The van der Waals surface area contributed by atoms with E-state index in [4.69, 9.17) is 11.6 Å². The predicted molar refractivity (Wildman–Crippen MR) is 76.0 cm³/mol. The van der Waals surface area contributed by atoms with Gasteiger partial charge >= 0.3 is 0 Å². The maximum Gasteiger partial charge on any atom is 0.127 e. The SMILES string of the molecule is CCCC1CC1n1c(C(C)Cl)nc2cc(F)ccc21. The van der Waals surface area contributed by atoms with Crippen molar-refractivity contribution in [1.29, 1.82) is 0 Å². The molecular weight excluding hydrogens is 263 g/mol. The van der Waals surface area contributed by atoms with Crippen molar-refractivity contribution in [3.63, 3.8) is 0 Å². The topological polar surface area (TPSA) is 17.8 Å². The molecule has 19 heavy (non-hydrogen) atoms. The third kappa shape index (κ3) is 2.25. The molecule has 1 aliphatic rings. The van der Waals surface area contributed by atoms with Crippen molar-refractivity contribution < 1.29 is 4.39 Å². The Bertz CT molecular complexity index is 605. The molecule has 1 aromatic heterocycles. The number of rotatable bonds is 4. The van der Waals surface area contributed by atoms with Gasteiger partial charge in [0.2, 0.25) is 0 Å². The number of halogens is 2. The second-order valence-corrected chi connectivity index (χ2v) is 6.10. The molecule has 1 saturated carbocycles. The Morgan fingerprint density at radius 1 is 1.53 bits per heavy atom. The molecule has 2 nitrogen and oxygen atoms in total. The van der Waals surface area contributed by atoms with Gasteiger partial charge in [0, 0.05) is 12.1 Å². The van der Waals surface area contributed by atoms with Gasteiger partial charge in [0.15, 0.2) is 0 Å². The number of fused-ring (bicyclic) bond motifs is 1. The van der Waals surface area contributed by atoms with Crippen LogP contribution in [0.2, 0.25) is 0 Å². The summed E-state index contributed by atoms with van der Waals surface area (Å²) in [5, 5.41) is -0.154. The Balaban J connectivity index is 2.08. The normalized spacial score (nSPS) is 23.8. The summed E-state index contributed by atoms with van der Waals surface area (Å²) in [4.78, 5) is 4.52. The Morgan fingerprint density at radius 3 is 3.00 bits per heavy atom. The zero-order valence-electron chi connectivity index (χ0n) is 11.2. The molecule has 1 aliphatic carbocycles. The predicted octanol–water partition coefficient (Wildman–Crippen LogP) is 4.84. The lowest BCUT2D eigenvalue weighted by atomic mass is 10.2. The Morgan fingerprint density at radius 2 is 2.32 bits per heavy atom.